The van der Waals surface area contributed by atoms with Crippen LogP contribution in [0.4, 0.5) is 0 Å². The first-order chi connectivity index (χ1) is 8.50. The van der Waals surface area contributed by atoms with Crippen LogP contribution in [-0.4, -0.2) is 29.4 Å². The molecule has 4 heteroatoms. The van der Waals surface area contributed by atoms with E-state index in [0.29, 0.717) is 5.92 Å². The minimum Gasteiger partial charge on any atom is -0.338 e. The highest BCUT2D eigenvalue weighted by Gasteiger charge is 2.34. The summed E-state index contributed by atoms with van der Waals surface area (Å²) in [6.07, 6.45) is 1.03. The molecule has 1 amide bonds. The minimum atomic E-state index is -0.400. The molecule has 1 fully saturated rings. The molecule has 106 valence electrons. The molecular weight excluding hydrogens is 260 g/mol. The second-order valence-electron chi connectivity index (χ2n) is 5.42. The average molecular weight is 283 g/mol. The number of carbonyl (C=O) groups is 1. The standard InChI is InChI=1S/C15H22N2O.ClH/c1-10-6-4-5-7-14(10)13-8-11(2)17(9-13)15(18)12(3)16;/h4-7,11-13H,8-9,16H2,1-3H3;1H. The Labute approximate surface area is 121 Å². The van der Waals surface area contributed by atoms with Crippen molar-refractivity contribution < 1.29 is 4.79 Å². The topological polar surface area (TPSA) is 46.3 Å². The van der Waals surface area contributed by atoms with Crippen molar-refractivity contribution in [1.29, 1.82) is 0 Å². The molecule has 3 atom stereocenters. The van der Waals surface area contributed by atoms with Crippen LogP contribution < -0.4 is 5.73 Å². The normalized spacial score (nSPS) is 23.9. The first-order valence-electron chi connectivity index (χ1n) is 6.62. The maximum absolute atomic E-state index is 12.0. The van der Waals surface area contributed by atoms with Crippen LogP contribution in [0.5, 0.6) is 0 Å². The molecule has 0 bridgehead atoms. The zero-order valence-electron chi connectivity index (χ0n) is 11.8. The van der Waals surface area contributed by atoms with E-state index in [1.807, 2.05) is 4.90 Å². The van der Waals surface area contributed by atoms with Gasteiger partial charge in [0.25, 0.3) is 0 Å². The molecule has 0 radical (unpaired) electrons. The van der Waals surface area contributed by atoms with E-state index in [-0.39, 0.29) is 24.4 Å². The molecular formula is C15H23ClN2O. The van der Waals surface area contributed by atoms with Crippen LogP contribution >= 0.6 is 12.4 Å². The van der Waals surface area contributed by atoms with Crippen LogP contribution in [0.3, 0.4) is 0 Å². The van der Waals surface area contributed by atoms with Crippen molar-refractivity contribution in [2.45, 2.75) is 45.2 Å². The van der Waals surface area contributed by atoms with Gasteiger partial charge in [-0.2, -0.15) is 0 Å². The number of carbonyl (C=O) groups excluding carboxylic acids is 1. The Kier molecular flexibility index (Phi) is 5.39. The highest BCUT2D eigenvalue weighted by Crippen LogP contribution is 2.33. The van der Waals surface area contributed by atoms with E-state index in [4.69, 9.17) is 5.73 Å². The summed E-state index contributed by atoms with van der Waals surface area (Å²) in [4.78, 5) is 14.0. The number of rotatable bonds is 2. The van der Waals surface area contributed by atoms with Gasteiger partial charge in [0, 0.05) is 18.5 Å². The SMILES string of the molecule is Cc1ccccc1C1CC(C)N(C(=O)C(C)N)C1.Cl. The number of hydrogen-bond acceptors (Lipinski definition) is 2. The maximum atomic E-state index is 12.0. The monoisotopic (exact) mass is 282 g/mol. The van der Waals surface area contributed by atoms with E-state index in [2.05, 4.69) is 38.1 Å². The van der Waals surface area contributed by atoms with E-state index >= 15 is 0 Å². The van der Waals surface area contributed by atoms with Gasteiger partial charge in [0.05, 0.1) is 6.04 Å². The number of nitrogens with two attached hydrogens (primary N) is 1. The minimum absolute atomic E-state index is 0. The predicted molar refractivity (Wildman–Crippen MR) is 80.6 cm³/mol. The lowest BCUT2D eigenvalue weighted by atomic mass is 9.93. The summed E-state index contributed by atoms with van der Waals surface area (Å²) in [5.41, 5.74) is 8.38. The fraction of sp³-hybridized carbons (Fsp3) is 0.533. The third kappa shape index (κ3) is 3.28. The molecule has 1 aliphatic rings. The number of likely N-dealkylation sites (tertiary alicyclic amines) is 1. The van der Waals surface area contributed by atoms with Gasteiger partial charge in [-0.3, -0.25) is 4.79 Å². The van der Waals surface area contributed by atoms with Crippen LogP contribution in [0.15, 0.2) is 24.3 Å². The first-order valence-corrected chi connectivity index (χ1v) is 6.62. The molecule has 19 heavy (non-hydrogen) atoms. The number of halogens is 1. The van der Waals surface area contributed by atoms with Crippen LogP contribution in [0.25, 0.3) is 0 Å². The van der Waals surface area contributed by atoms with E-state index < -0.39 is 6.04 Å². The summed E-state index contributed by atoms with van der Waals surface area (Å²) in [7, 11) is 0. The lowest BCUT2D eigenvalue weighted by molar-refractivity contribution is -0.132. The Morgan fingerprint density at radius 2 is 2.05 bits per heavy atom. The number of benzene rings is 1. The molecule has 1 aromatic carbocycles. The predicted octanol–water partition coefficient (Wildman–Crippen LogP) is 2.47. The highest BCUT2D eigenvalue weighted by atomic mass is 35.5. The van der Waals surface area contributed by atoms with Crippen molar-refractivity contribution >= 4 is 18.3 Å². The lowest BCUT2D eigenvalue weighted by Crippen LogP contribution is -2.43. The van der Waals surface area contributed by atoms with Crippen LogP contribution in [-0.2, 0) is 4.79 Å². The number of nitrogens with zero attached hydrogens (tertiary/aromatic N) is 1. The van der Waals surface area contributed by atoms with Crippen LogP contribution in [0.2, 0.25) is 0 Å². The number of amides is 1. The van der Waals surface area contributed by atoms with E-state index in [9.17, 15) is 4.79 Å². The van der Waals surface area contributed by atoms with Crippen LogP contribution in [0, 0.1) is 6.92 Å². The van der Waals surface area contributed by atoms with Crippen molar-refractivity contribution in [3.05, 3.63) is 35.4 Å². The van der Waals surface area contributed by atoms with Crippen molar-refractivity contribution in [3.63, 3.8) is 0 Å². The summed E-state index contributed by atoms with van der Waals surface area (Å²) in [6.45, 7) is 6.80. The summed E-state index contributed by atoms with van der Waals surface area (Å²) >= 11 is 0. The fourth-order valence-corrected chi connectivity index (χ4v) is 2.87. The van der Waals surface area contributed by atoms with E-state index in [0.717, 1.165) is 13.0 Å². The quantitative estimate of drug-likeness (QED) is 0.906. The van der Waals surface area contributed by atoms with Crippen molar-refractivity contribution in [1.82, 2.24) is 4.90 Å². The van der Waals surface area contributed by atoms with Gasteiger partial charge in [-0.1, -0.05) is 24.3 Å². The molecule has 1 saturated heterocycles. The van der Waals surface area contributed by atoms with Crippen LogP contribution in [0.1, 0.15) is 37.3 Å². The average Bonchev–Trinajstić information content (AvgIpc) is 2.70. The second kappa shape index (κ2) is 6.40. The van der Waals surface area contributed by atoms with Gasteiger partial charge in [-0.05, 0) is 38.3 Å². The van der Waals surface area contributed by atoms with Crippen molar-refractivity contribution in [2.24, 2.45) is 5.73 Å². The first kappa shape index (κ1) is 16.0. The Morgan fingerprint density at radius 3 is 2.63 bits per heavy atom. The van der Waals surface area contributed by atoms with E-state index in [1.165, 1.54) is 11.1 Å². The summed E-state index contributed by atoms with van der Waals surface area (Å²) in [5.74, 6) is 0.516. The van der Waals surface area contributed by atoms with Gasteiger partial charge in [0.1, 0.15) is 0 Å². The van der Waals surface area contributed by atoms with Gasteiger partial charge in [-0.25, -0.2) is 0 Å². The summed E-state index contributed by atoms with van der Waals surface area (Å²) < 4.78 is 0. The Bertz CT molecular complexity index is 448. The molecule has 0 saturated carbocycles. The second-order valence-corrected chi connectivity index (χ2v) is 5.42. The van der Waals surface area contributed by atoms with Gasteiger partial charge in [0.2, 0.25) is 5.91 Å². The Balaban J connectivity index is 0.00000180. The number of hydrogen-bond donors (Lipinski definition) is 1. The zero-order chi connectivity index (χ0) is 13.3. The van der Waals surface area contributed by atoms with E-state index in [1.54, 1.807) is 6.92 Å². The molecule has 2 rings (SSSR count). The van der Waals surface area contributed by atoms with Gasteiger partial charge >= 0.3 is 0 Å². The van der Waals surface area contributed by atoms with Crippen molar-refractivity contribution in [2.75, 3.05) is 6.54 Å². The number of aryl methyl sites for hydroxylation is 1. The molecule has 3 unspecified atom stereocenters. The molecule has 1 heterocycles. The Hall–Kier alpha value is -1.06. The third-order valence-corrected chi connectivity index (χ3v) is 3.88. The maximum Gasteiger partial charge on any atom is 0.239 e. The Morgan fingerprint density at radius 1 is 1.42 bits per heavy atom. The molecule has 0 aromatic heterocycles. The molecule has 1 aliphatic heterocycles. The third-order valence-electron chi connectivity index (χ3n) is 3.88. The highest BCUT2D eigenvalue weighted by molar-refractivity contribution is 5.85. The molecule has 2 N–H and O–H groups in total. The smallest absolute Gasteiger partial charge is 0.239 e. The van der Waals surface area contributed by atoms with Gasteiger partial charge < -0.3 is 10.6 Å². The van der Waals surface area contributed by atoms with Gasteiger partial charge in [-0.15, -0.1) is 12.4 Å². The largest absolute Gasteiger partial charge is 0.338 e. The molecule has 0 aliphatic carbocycles. The van der Waals surface area contributed by atoms with Gasteiger partial charge in [0.15, 0.2) is 0 Å². The summed E-state index contributed by atoms with van der Waals surface area (Å²) in [6, 6.07) is 8.32. The molecule has 0 spiro atoms. The molecule has 1 aromatic rings. The van der Waals surface area contributed by atoms with Crippen molar-refractivity contribution in [3.8, 4) is 0 Å². The fourth-order valence-electron chi connectivity index (χ4n) is 2.87. The summed E-state index contributed by atoms with van der Waals surface area (Å²) in [5, 5.41) is 0. The lowest BCUT2D eigenvalue weighted by Gasteiger charge is -2.23. The molecule has 3 nitrogen and oxygen atoms in total. The zero-order valence-corrected chi connectivity index (χ0v) is 12.6.